The molecule has 0 radical (unpaired) electrons. The Labute approximate surface area is 190 Å². The van der Waals surface area contributed by atoms with Gasteiger partial charge in [0.2, 0.25) is 11.2 Å². The molecule has 1 heterocycles. The molecule has 0 saturated heterocycles. The molecule has 0 aliphatic heterocycles. The number of carbonyl (C=O) groups is 1. The van der Waals surface area contributed by atoms with Crippen LogP contribution >= 0.6 is 46.4 Å². The van der Waals surface area contributed by atoms with E-state index in [2.05, 4.69) is 0 Å². The van der Waals surface area contributed by atoms with Crippen LogP contribution in [0.2, 0.25) is 20.1 Å². The quantitative estimate of drug-likeness (QED) is 0.289. The molecule has 4 aromatic rings. The number of hydrogen-bond acceptors (Lipinski definition) is 4. The molecular formula is C22H10Cl4O4. The lowest BCUT2D eigenvalue weighted by molar-refractivity contribution is 0.0731. The van der Waals surface area contributed by atoms with Crippen LogP contribution in [0.3, 0.4) is 0 Å². The fourth-order valence-electron chi connectivity index (χ4n) is 2.87. The zero-order valence-corrected chi connectivity index (χ0v) is 17.9. The number of hydrogen-bond donors (Lipinski definition) is 0. The molecule has 150 valence electrons. The molecule has 0 unspecified atom stereocenters. The Morgan fingerprint density at radius 2 is 1.53 bits per heavy atom. The Bertz CT molecular complexity index is 1360. The molecular weight excluding hydrogens is 470 g/mol. The smallest absolute Gasteiger partial charge is 0.345 e. The van der Waals surface area contributed by atoms with Gasteiger partial charge in [-0.2, -0.15) is 0 Å². The summed E-state index contributed by atoms with van der Waals surface area (Å²) in [5.74, 6) is -1.16. The van der Waals surface area contributed by atoms with Crippen molar-refractivity contribution in [3.8, 4) is 17.1 Å². The van der Waals surface area contributed by atoms with Gasteiger partial charge in [0.15, 0.2) is 5.76 Å². The molecule has 0 aliphatic carbocycles. The van der Waals surface area contributed by atoms with Gasteiger partial charge in [-0.3, -0.25) is 4.79 Å². The van der Waals surface area contributed by atoms with Gasteiger partial charge in [0.1, 0.15) is 5.58 Å². The molecule has 4 nitrogen and oxygen atoms in total. The SMILES string of the molecule is O=C(Oc1c(-c2ccccc2Cl)oc2ccc(Cl)cc2c1=O)c1ccc(Cl)cc1Cl. The average molecular weight is 480 g/mol. The largest absolute Gasteiger partial charge is 0.452 e. The fourth-order valence-corrected chi connectivity index (χ4v) is 3.75. The fraction of sp³-hybridized carbons (Fsp3) is 0. The maximum absolute atomic E-state index is 13.2. The van der Waals surface area contributed by atoms with Crippen LogP contribution in [-0.4, -0.2) is 5.97 Å². The molecule has 4 rings (SSSR count). The van der Waals surface area contributed by atoms with Gasteiger partial charge < -0.3 is 9.15 Å². The van der Waals surface area contributed by atoms with Crippen molar-refractivity contribution < 1.29 is 13.9 Å². The summed E-state index contributed by atoms with van der Waals surface area (Å²) in [5, 5.41) is 1.24. The van der Waals surface area contributed by atoms with E-state index in [0.29, 0.717) is 20.6 Å². The van der Waals surface area contributed by atoms with E-state index in [-0.39, 0.29) is 33.1 Å². The van der Waals surface area contributed by atoms with Gasteiger partial charge in [0.05, 0.1) is 21.0 Å². The topological polar surface area (TPSA) is 56.5 Å². The molecule has 0 aliphatic rings. The molecule has 0 amide bonds. The van der Waals surface area contributed by atoms with Crippen molar-refractivity contribution in [2.45, 2.75) is 0 Å². The minimum Gasteiger partial charge on any atom is -0.452 e. The minimum atomic E-state index is -0.848. The number of halogens is 4. The van der Waals surface area contributed by atoms with Crippen molar-refractivity contribution in [3.05, 3.63) is 96.5 Å². The van der Waals surface area contributed by atoms with E-state index in [1.54, 1.807) is 36.4 Å². The lowest BCUT2D eigenvalue weighted by Gasteiger charge is -2.12. The van der Waals surface area contributed by atoms with Crippen LogP contribution < -0.4 is 10.2 Å². The summed E-state index contributed by atoms with van der Waals surface area (Å²) in [5.41, 5.74) is 0.116. The van der Waals surface area contributed by atoms with Gasteiger partial charge in [-0.25, -0.2) is 4.79 Å². The van der Waals surface area contributed by atoms with Crippen LogP contribution in [0.4, 0.5) is 0 Å². The van der Waals surface area contributed by atoms with Crippen molar-refractivity contribution in [1.29, 1.82) is 0 Å². The molecule has 1 aromatic heterocycles. The van der Waals surface area contributed by atoms with Gasteiger partial charge in [0, 0.05) is 15.6 Å². The van der Waals surface area contributed by atoms with E-state index in [1.165, 1.54) is 24.3 Å². The van der Waals surface area contributed by atoms with E-state index >= 15 is 0 Å². The Balaban J connectivity index is 1.93. The second-order valence-electron chi connectivity index (χ2n) is 6.22. The van der Waals surface area contributed by atoms with Gasteiger partial charge in [-0.1, -0.05) is 58.5 Å². The second kappa shape index (κ2) is 8.32. The summed E-state index contributed by atoms with van der Waals surface area (Å²) in [6.07, 6.45) is 0. The van der Waals surface area contributed by atoms with E-state index in [4.69, 9.17) is 55.6 Å². The summed E-state index contributed by atoms with van der Waals surface area (Å²) in [4.78, 5) is 26.0. The summed E-state index contributed by atoms with van der Waals surface area (Å²) < 4.78 is 11.4. The van der Waals surface area contributed by atoms with Crippen LogP contribution in [0.25, 0.3) is 22.3 Å². The molecule has 30 heavy (non-hydrogen) atoms. The summed E-state index contributed by atoms with van der Waals surface area (Å²) in [7, 11) is 0. The van der Waals surface area contributed by atoms with E-state index in [9.17, 15) is 9.59 Å². The van der Waals surface area contributed by atoms with Gasteiger partial charge in [0.25, 0.3) is 0 Å². The van der Waals surface area contributed by atoms with Gasteiger partial charge in [-0.05, 0) is 48.5 Å². The zero-order valence-electron chi connectivity index (χ0n) is 14.9. The van der Waals surface area contributed by atoms with Crippen LogP contribution in [0, 0.1) is 0 Å². The minimum absolute atomic E-state index is 0.0128. The number of ether oxygens (including phenoxy) is 1. The lowest BCUT2D eigenvalue weighted by Crippen LogP contribution is -2.16. The van der Waals surface area contributed by atoms with Gasteiger partial charge in [-0.15, -0.1) is 0 Å². The Hall–Kier alpha value is -2.50. The van der Waals surface area contributed by atoms with Crippen molar-refractivity contribution in [3.63, 3.8) is 0 Å². The molecule has 0 spiro atoms. The van der Waals surface area contributed by atoms with Crippen LogP contribution in [-0.2, 0) is 0 Å². The molecule has 0 atom stereocenters. The highest BCUT2D eigenvalue weighted by molar-refractivity contribution is 6.36. The van der Waals surface area contributed by atoms with E-state index < -0.39 is 11.4 Å². The first-order valence-electron chi connectivity index (χ1n) is 8.53. The summed E-state index contributed by atoms with van der Waals surface area (Å²) >= 11 is 24.3. The number of rotatable bonds is 3. The first-order chi connectivity index (χ1) is 14.3. The van der Waals surface area contributed by atoms with Crippen LogP contribution in [0.1, 0.15) is 10.4 Å². The average Bonchev–Trinajstić information content (AvgIpc) is 2.71. The van der Waals surface area contributed by atoms with Crippen molar-refractivity contribution >= 4 is 63.3 Å². The normalized spacial score (nSPS) is 10.9. The first kappa shape index (κ1) is 20.8. The Morgan fingerprint density at radius 3 is 2.27 bits per heavy atom. The molecule has 8 heteroatoms. The maximum atomic E-state index is 13.2. The van der Waals surface area contributed by atoms with Crippen molar-refractivity contribution in [1.82, 2.24) is 0 Å². The third-order valence-electron chi connectivity index (χ3n) is 4.28. The molecule has 3 aromatic carbocycles. The predicted octanol–water partition coefficient (Wildman–Crippen LogP) is 7.29. The van der Waals surface area contributed by atoms with Gasteiger partial charge >= 0.3 is 5.97 Å². The van der Waals surface area contributed by atoms with E-state index in [0.717, 1.165) is 0 Å². The first-order valence-corrected chi connectivity index (χ1v) is 10.0. The summed E-state index contributed by atoms with van der Waals surface area (Å²) in [6.45, 7) is 0. The summed E-state index contributed by atoms with van der Waals surface area (Å²) in [6, 6.07) is 15.6. The standard InChI is InChI=1S/C22H10Cl4O4/c23-11-6-8-18-15(9-11)19(27)21(20(29-18)13-3-1-2-4-16(13)25)30-22(28)14-7-5-12(24)10-17(14)26/h1-10H. The monoisotopic (exact) mass is 478 g/mol. The Kier molecular flexibility index (Phi) is 5.76. The zero-order chi connectivity index (χ0) is 21.4. The van der Waals surface area contributed by atoms with Crippen molar-refractivity contribution in [2.75, 3.05) is 0 Å². The predicted molar refractivity (Wildman–Crippen MR) is 119 cm³/mol. The molecule has 0 N–H and O–H groups in total. The van der Waals surface area contributed by atoms with E-state index in [1.807, 2.05) is 0 Å². The number of esters is 1. The molecule has 0 saturated carbocycles. The number of benzene rings is 3. The highest BCUT2D eigenvalue weighted by Crippen LogP contribution is 2.36. The second-order valence-corrected chi connectivity index (χ2v) is 7.91. The van der Waals surface area contributed by atoms with Crippen LogP contribution in [0.15, 0.2) is 69.9 Å². The third-order valence-corrected chi connectivity index (χ3v) is 5.39. The molecule has 0 fully saturated rings. The number of carbonyl (C=O) groups excluding carboxylic acids is 1. The van der Waals surface area contributed by atoms with Crippen LogP contribution in [0.5, 0.6) is 5.75 Å². The third kappa shape index (κ3) is 3.92. The highest BCUT2D eigenvalue weighted by atomic mass is 35.5. The molecule has 0 bridgehead atoms. The highest BCUT2D eigenvalue weighted by Gasteiger charge is 2.24. The van der Waals surface area contributed by atoms with Crippen molar-refractivity contribution in [2.24, 2.45) is 0 Å². The Morgan fingerprint density at radius 1 is 0.833 bits per heavy atom. The number of fused-ring (bicyclic) bond motifs is 1. The lowest BCUT2D eigenvalue weighted by atomic mass is 10.1. The maximum Gasteiger partial charge on any atom is 0.345 e.